The molecule has 12 heteroatoms. The van der Waals surface area contributed by atoms with E-state index in [9.17, 15) is 27.5 Å². The van der Waals surface area contributed by atoms with E-state index in [4.69, 9.17) is 23.2 Å². The Morgan fingerprint density at radius 1 is 1.28 bits per heavy atom. The number of pyridine rings is 1. The van der Waals surface area contributed by atoms with Gasteiger partial charge in [-0.05, 0) is 25.5 Å². The Morgan fingerprint density at radius 3 is 2.48 bits per heavy atom. The van der Waals surface area contributed by atoms with E-state index < -0.39 is 31.6 Å². The summed E-state index contributed by atoms with van der Waals surface area (Å²) in [6, 6.07) is 3.56. The predicted octanol–water partition coefficient (Wildman–Crippen LogP) is 4.91. The van der Waals surface area contributed by atoms with E-state index in [2.05, 4.69) is 10.2 Å². The molecule has 2 rings (SSSR count). The molecule has 0 fully saturated rings. The molecule has 0 amide bonds. The minimum Gasteiger partial charge on any atom is -0.493 e. The minimum atomic E-state index is -5.08. The third-order valence-electron chi connectivity index (χ3n) is 4.03. The normalized spacial score (nSPS) is 11.7. The highest BCUT2D eigenvalue weighted by molar-refractivity contribution is 7.86. The smallest absolute Gasteiger partial charge is 0.333 e. The maximum Gasteiger partial charge on any atom is 0.333 e. The number of benzene rings is 1. The van der Waals surface area contributed by atoms with Gasteiger partial charge >= 0.3 is 10.2 Å². The zero-order chi connectivity index (χ0) is 21.9. The quantitative estimate of drug-likeness (QED) is 0.483. The van der Waals surface area contributed by atoms with Crippen molar-refractivity contribution >= 4 is 44.8 Å². The number of halogens is 3. The maximum atomic E-state index is 13.2. The highest BCUT2D eigenvalue weighted by Gasteiger charge is 2.21. The number of aromatic hydroxyl groups is 1. The summed E-state index contributed by atoms with van der Waals surface area (Å²) in [6.45, 7) is 3.49. The molecule has 154 valence electrons. The third kappa shape index (κ3) is 4.75. The van der Waals surface area contributed by atoms with Crippen molar-refractivity contribution in [3.63, 3.8) is 0 Å². The van der Waals surface area contributed by atoms with Crippen LogP contribution in [0.25, 0.3) is 0 Å². The van der Waals surface area contributed by atoms with Crippen LogP contribution < -0.4 is 5.56 Å². The Bertz CT molecular complexity index is 1200. The highest BCUT2D eigenvalue weighted by atomic mass is 35.5. The largest absolute Gasteiger partial charge is 0.493 e. The van der Waals surface area contributed by atoms with Crippen LogP contribution in [0.15, 0.2) is 32.1 Å². The van der Waals surface area contributed by atoms with Gasteiger partial charge in [0.25, 0.3) is 5.56 Å². The van der Waals surface area contributed by atoms with Crippen LogP contribution in [0, 0.1) is 18.3 Å². The van der Waals surface area contributed by atoms with Gasteiger partial charge in [-0.25, -0.2) is 0 Å². The van der Waals surface area contributed by atoms with E-state index in [0.717, 1.165) is 23.1 Å². The molecule has 8 nitrogen and oxygen atoms in total. The van der Waals surface area contributed by atoms with E-state index in [1.54, 1.807) is 6.07 Å². The molecule has 0 radical (unpaired) electrons. The lowest BCUT2D eigenvalue weighted by Crippen LogP contribution is -2.23. The Morgan fingerprint density at radius 2 is 1.93 bits per heavy atom. The Hall–Kier alpha value is -2.48. The van der Waals surface area contributed by atoms with Gasteiger partial charge < -0.3 is 5.11 Å². The molecule has 2 aromatic rings. The van der Waals surface area contributed by atoms with Crippen LogP contribution in [0.5, 0.6) is 5.88 Å². The Kier molecular flexibility index (Phi) is 7.00. The van der Waals surface area contributed by atoms with Crippen molar-refractivity contribution in [1.82, 2.24) is 4.57 Å². The van der Waals surface area contributed by atoms with E-state index in [1.807, 2.05) is 6.92 Å². The fourth-order valence-corrected chi connectivity index (χ4v) is 3.72. The van der Waals surface area contributed by atoms with Gasteiger partial charge in [0.2, 0.25) is 5.88 Å². The van der Waals surface area contributed by atoms with Crippen LogP contribution in [0.4, 0.5) is 15.3 Å². The van der Waals surface area contributed by atoms with Crippen molar-refractivity contribution in [2.75, 3.05) is 0 Å². The van der Waals surface area contributed by atoms with Crippen LogP contribution in [-0.2, 0) is 16.8 Å². The number of nitriles is 1. The molecule has 0 spiro atoms. The lowest BCUT2D eigenvalue weighted by molar-refractivity contribution is 0.402. The topological polar surface area (TPSA) is 125 Å². The lowest BCUT2D eigenvalue weighted by Gasteiger charge is -2.12. The highest BCUT2D eigenvalue weighted by Crippen LogP contribution is 2.37. The molecule has 0 saturated carbocycles. The molecule has 29 heavy (non-hydrogen) atoms. The lowest BCUT2D eigenvalue weighted by atomic mass is 10.1. The van der Waals surface area contributed by atoms with Gasteiger partial charge in [-0.1, -0.05) is 36.5 Å². The summed E-state index contributed by atoms with van der Waals surface area (Å²) in [5.41, 5.74) is -0.972. The maximum absolute atomic E-state index is 13.2. The first kappa shape index (κ1) is 22.8. The van der Waals surface area contributed by atoms with E-state index in [-0.39, 0.29) is 34.1 Å². The van der Waals surface area contributed by atoms with Crippen LogP contribution in [0.2, 0.25) is 10.0 Å². The van der Waals surface area contributed by atoms with Gasteiger partial charge in [0.15, 0.2) is 5.69 Å². The number of nitrogens with zero attached hydrogens (tertiary/aromatic N) is 4. The summed E-state index contributed by atoms with van der Waals surface area (Å²) < 4.78 is 36.3. The first-order chi connectivity index (χ1) is 13.5. The van der Waals surface area contributed by atoms with Crippen LogP contribution in [0.3, 0.4) is 0 Å². The SMILES string of the molecule is CCCCn1c(O)c(N=Nc2cc(Cl)c(S(=O)(=O)F)cc2Cl)c(C)c(C#N)c1=O. The van der Waals surface area contributed by atoms with Crippen LogP contribution in [-0.4, -0.2) is 18.1 Å². The first-order valence-corrected chi connectivity index (χ1v) is 10.4. The third-order valence-corrected chi connectivity index (χ3v) is 5.62. The number of rotatable bonds is 6. The molecule has 1 aromatic carbocycles. The molecule has 0 aliphatic carbocycles. The van der Waals surface area contributed by atoms with Gasteiger partial charge in [0.05, 0.1) is 10.0 Å². The van der Waals surface area contributed by atoms with Crippen molar-refractivity contribution in [2.24, 2.45) is 10.2 Å². The number of unbranched alkanes of at least 4 members (excludes halogenated alkanes) is 1. The van der Waals surface area contributed by atoms with Gasteiger partial charge in [0.1, 0.15) is 22.2 Å². The van der Waals surface area contributed by atoms with Gasteiger partial charge in [-0.2, -0.15) is 13.7 Å². The number of azo groups is 1. The molecular weight excluding hydrogens is 446 g/mol. The molecule has 0 saturated heterocycles. The Labute approximate surface area is 176 Å². The molecule has 1 aromatic heterocycles. The summed E-state index contributed by atoms with van der Waals surface area (Å²) >= 11 is 11.7. The average Bonchev–Trinajstić information content (AvgIpc) is 2.63. The molecule has 0 bridgehead atoms. The van der Waals surface area contributed by atoms with Gasteiger partial charge in [-0.3, -0.25) is 9.36 Å². The minimum absolute atomic E-state index is 0.104. The predicted molar refractivity (Wildman–Crippen MR) is 106 cm³/mol. The summed E-state index contributed by atoms with van der Waals surface area (Å²) in [6.07, 6.45) is 1.33. The monoisotopic (exact) mass is 460 g/mol. The second-order valence-corrected chi connectivity index (χ2v) is 8.10. The van der Waals surface area contributed by atoms with E-state index in [0.29, 0.717) is 6.42 Å². The van der Waals surface area contributed by atoms with Crippen LogP contribution in [0.1, 0.15) is 30.9 Å². The standard InChI is InChI=1S/C17H15Cl2FN4O4S/c1-3-4-5-24-16(25)10(8-21)9(2)15(17(24)26)23-22-13-6-12(19)14(7-11(13)18)29(20,27)28/h6-7,26H,3-5H2,1-2H3. The second-order valence-electron chi connectivity index (χ2n) is 5.97. The first-order valence-electron chi connectivity index (χ1n) is 8.24. The molecule has 1 N–H and O–H groups in total. The summed E-state index contributed by atoms with van der Waals surface area (Å²) in [5.74, 6) is -0.478. The van der Waals surface area contributed by atoms with E-state index in [1.165, 1.54) is 6.92 Å². The number of hydrogen-bond acceptors (Lipinski definition) is 7. The molecular formula is C17H15Cl2FN4O4S. The van der Waals surface area contributed by atoms with E-state index >= 15 is 0 Å². The second kappa shape index (κ2) is 8.90. The molecule has 0 aliphatic rings. The fourth-order valence-electron chi connectivity index (χ4n) is 2.47. The molecule has 0 unspecified atom stereocenters. The Balaban J connectivity index is 2.63. The van der Waals surface area contributed by atoms with Crippen molar-refractivity contribution in [2.45, 2.75) is 38.1 Å². The summed E-state index contributed by atoms with van der Waals surface area (Å²) in [4.78, 5) is 11.6. The molecule has 0 atom stereocenters. The molecule has 0 aliphatic heterocycles. The van der Waals surface area contributed by atoms with Gasteiger partial charge in [0, 0.05) is 12.1 Å². The fraction of sp³-hybridized carbons (Fsp3) is 0.294. The van der Waals surface area contributed by atoms with Crippen LogP contribution >= 0.6 is 23.2 Å². The van der Waals surface area contributed by atoms with Crippen molar-refractivity contribution in [3.8, 4) is 11.9 Å². The average molecular weight is 461 g/mol. The molecule has 1 heterocycles. The van der Waals surface area contributed by atoms with Gasteiger partial charge in [-0.15, -0.1) is 14.1 Å². The number of hydrogen-bond donors (Lipinski definition) is 1. The van der Waals surface area contributed by atoms with Crippen molar-refractivity contribution in [3.05, 3.63) is 43.7 Å². The summed E-state index contributed by atoms with van der Waals surface area (Å²) in [5, 5.41) is 26.7. The number of aromatic nitrogens is 1. The van der Waals surface area contributed by atoms with Crippen molar-refractivity contribution in [1.29, 1.82) is 5.26 Å². The zero-order valence-electron chi connectivity index (χ0n) is 15.3. The zero-order valence-corrected chi connectivity index (χ0v) is 17.6. The van der Waals surface area contributed by atoms with Crippen molar-refractivity contribution < 1.29 is 17.4 Å². The summed E-state index contributed by atoms with van der Waals surface area (Å²) in [7, 11) is -5.08.